The number of aromatic nitrogens is 1. The standard InChI is InChI=1S/C21H17ClF2N4O2/c1-11-5-3-4-6-16(11)27-19-17(9-13(10-26-19)20(29)25-2)28-21(30)12-7-14(22)18(24)15(23)8-12/h3-10H,1-2H3,(H,25,29)(H,26,27)(H,28,30). The van der Waals surface area contributed by atoms with Crippen LogP contribution in [0.3, 0.4) is 0 Å². The summed E-state index contributed by atoms with van der Waals surface area (Å²) in [7, 11) is 1.46. The Morgan fingerprint density at radius 1 is 1.00 bits per heavy atom. The molecule has 3 N–H and O–H groups in total. The number of carbonyl (C=O) groups is 2. The second-order valence-corrected chi connectivity index (χ2v) is 6.75. The normalized spacial score (nSPS) is 10.4. The van der Waals surface area contributed by atoms with Crippen LogP contribution in [0, 0.1) is 18.6 Å². The summed E-state index contributed by atoms with van der Waals surface area (Å²) in [5.74, 6) is -3.38. The monoisotopic (exact) mass is 430 g/mol. The molecule has 0 unspecified atom stereocenters. The molecule has 0 spiro atoms. The lowest BCUT2D eigenvalue weighted by Crippen LogP contribution is -2.20. The fraction of sp³-hybridized carbons (Fsp3) is 0.0952. The zero-order valence-corrected chi connectivity index (χ0v) is 16.8. The molecule has 0 bridgehead atoms. The molecule has 9 heteroatoms. The van der Waals surface area contributed by atoms with Gasteiger partial charge in [0.15, 0.2) is 17.5 Å². The summed E-state index contributed by atoms with van der Waals surface area (Å²) in [5.41, 5.74) is 1.85. The van der Waals surface area contributed by atoms with Crippen LogP contribution in [0.1, 0.15) is 26.3 Å². The molecule has 3 aromatic rings. The Hall–Kier alpha value is -3.52. The van der Waals surface area contributed by atoms with Gasteiger partial charge < -0.3 is 16.0 Å². The Kier molecular flexibility index (Phi) is 6.27. The second kappa shape index (κ2) is 8.87. The maximum absolute atomic E-state index is 13.6. The van der Waals surface area contributed by atoms with Gasteiger partial charge in [0.1, 0.15) is 0 Å². The van der Waals surface area contributed by atoms with Crippen molar-refractivity contribution < 1.29 is 18.4 Å². The molecule has 0 radical (unpaired) electrons. The first-order valence-corrected chi connectivity index (χ1v) is 9.18. The average Bonchev–Trinajstić information content (AvgIpc) is 2.73. The van der Waals surface area contributed by atoms with E-state index in [1.54, 1.807) is 0 Å². The minimum atomic E-state index is -1.25. The third kappa shape index (κ3) is 4.55. The number of nitrogens with zero attached hydrogens (tertiary/aromatic N) is 1. The van der Waals surface area contributed by atoms with Gasteiger partial charge in [0.25, 0.3) is 11.8 Å². The number of nitrogens with one attached hydrogen (secondary N) is 3. The van der Waals surface area contributed by atoms with Crippen molar-refractivity contribution in [2.75, 3.05) is 17.7 Å². The summed E-state index contributed by atoms with van der Waals surface area (Å²) in [6, 6.07) is 10.6. The van der Waals surface area contributed by atoms with Gasteiger partial charge in [-0.15, -0.1) is 0 Å². The number of rotatable bonds is 5. The fourth-order valence-corrected chi connectivity index (χ4v) is 2.86. The van der Waals surface area contributed by atoms with Crippen LogP contribution in [0.4, 0.5) is 26.0 Å². The van der Waals surface area contributed by atoms with Gasteiger partial charge in [0.05, 0.1) is 16.3 Å². The lowest BCUT2D eigenvalue weighted by Gasteiger charge is -2.15. The Morgan fingerprint density at radius 3 is 2.40 bits per heavy atom. The highest BCUT2D eigenvalue weighted by Crippen LogP contribution is 2.27. The first-order valence-electron chi connectivity index (χ1n) is 8.81. The molecular formula is C21H17ClF2N4O2. The van der Waals surface area contributed by atoms with E-state index in [0.29, 0.717) is 0 Å². The SMILES string of the molecule is CNC(=O)c1cnc(Nc2ccccc2C)c(NC(=O)c2cc(F)c(F)c(Cl)c2)c1. The topological polar surface area (TPSA) is 83.1 Å². The molecular weight excluding hydrogens is 414 g/mol. The third-order valence-electron chi connectivity index (χ3n) is 4.27. The lowest BCUT2D eigenvalue weighted by atomic mass is 10.1. The summed E-state index contributed by atoms with van der Waals surface area (Å²) < 4.78 is 27.1. The van der Waals surface area contributed by atoms with Crippen LogP contribution in [0.2, 0.25) is 5.02 Å². The van der Waals surface area contributed by atoms with Crippen LogP contribution in [0.5, 0.6) is 0 Å². The highest BCUT2D eigenvalue weighted by molar-refractivity contribution is 6.31. The number of halogens is 3. The van der Waals surface area contributed by atoms with Gasteiger partial charge in [-0.25, -0.2) is 13.8 Å². The van der Waals surface area contributed by atoms with Crippen LogP contribution in [-0.2, 0) is 0 Å². The molecule has 1 heterocycles. The maximum Gasteiger partial charge on any atom is 0.255 e. The van der Waals surface area contributed by atoms with Crippen molar-refractivity contribution in [3.8, 4) is 0 Å². The summed E-state index contributed by atoms with van der Waals surface area (Å²) in [6.45, 7) is 1.89. The van der Waals surface area contributed by atoms with Crippen molar-refractivity contribution >= 4 is 40.6 Å². The first-order chi connectivity index (χ1) is 14.3. The van der Waals surface area contributed by atoms with E-state index < -0.39 is 28.5 Å². The van der Waals surface area contributed by atoms with Crippen molar-refractivity contribution in [1.29, 1.82) is 0 Å². The van der Waals surface area contributed by atoms with E-state index in [1.165, 1.54) is 19.3 Å². The average molecular weight is 431 g/mol. The number of benzene rings is 2. The molecule has 0 saturated carbocycles. The Labute approximate surface area is 176 Å². The van der Waals surface area contributed by atoms with Crippen molar-refractivity contribution in [3.05, 3.63) is 82.0 Å². The number of hydrogen-bond acceptors (Lipinski definition) is 4. The molecule has 154 valence electrons. The van der Waals surface area contributed by atoms with Gasteiger partial charge in [-0.05, 0) is 36.8 Å². The predicted octanol–water partition coefficient (Wildman–Crippen LogP) is 4.68. The molecule has 0 aliphatic carbocycles. The van der Waals surface area contributed by atoms with Crippen LogP contribution in [-0.4, -0.2) is 23.8 Å². The van der Waals surface area contributed by atoms with E-state index in [9.17, 15) is 18.4 Å². The first kappa shape index (κ1) is 21.2. The highest BCUT2D eigenvalue weighted by atomic mass is 35.5. The molecule has 1 aromatic heterocycles. The molecule has 2 aromatic carbocycles. The summed E-state index contributed by atoms with van der Waals surface area (Å²) in [4.78, 5) is 28.8. The van der Waals surface area contributed by atoms with Gasteiger partial charge in [-0.2, -0.15) is 0 Å². The smallest absolute Gasteiger partial charge is 0.255 e. The quantitative estimate of drug-likeness (QED) is 0.513. The van der Waals surface area contributed by atoms with Crippen molar-refractivity contribution in [3.63, 3.8) is 0 Å². The van der Waals surface area contributed by atoms with Gasteiger partial charge in [-0.3, -0.25) is 9.59 Å². The van der Waals surface area contributed by atoms with Gasteiger partial charge in [0.2, 0.25) is 0 Å². The molecule has 30 heavy (non-hydrogen) atoms. The van der Waals surface area contributed by atoms with Gasteiger partial charge >= 0.3 is 0 Å². The molecule has 0 aliphatic heterocycles. The summed E-state index contributed by atoms with van der Waals surface area (Å²) in [6.07, 6.45) is 1.35. The van der Waals surface area contributed by atoms with E-state index in [0.717, 1.165) is 23.4 Å². The van der Waals surface area contributed by atoms with Crippen LogP contribution in [0.15, 0.2) is 48.7 Å². The third-order valence-corrected chi connectivity index (χ3v) is 4.54. The zero-order valence-electron chi connectivity index (χ0n) is 16.0. The highest BCUT2D eigenvalue weighted by Gasteiger charge is 2.17. The lowest BCUT2D eigenvalue weighted by molar-refractivity contribution is 0.0961. The van der Waals surface area contributed by atoms with E-state index in [4.69, 9.17) is 11.6 Å². The van der Waals surface area contributed by atoms with Crippen molar-refractivity contribution in [2.24, 2.45) is 0 Å². The van der Waals surface area contributed by atoms with E-state index in [1.807, 2.05) is 31.2 Å². The zero-order chi connectivity index (χ0) is 21.8. The van der Waals surface area contributed by atoms with Crippen LogP contribution in [0.25, 0.3) is 0 Å². The Balaban J connectivity index is 1.99. The van der Waals surface area contributed by atoms with Crippen LogP contribution < -0.4 is 16.0 Å². The van der Waals surface area contributed by atoms with Gasteiger partial charge in [0, 0.05) is 24.5 Å². The molecule has 6 nitrogen and oxygen atoms in total. The minimum Gasteiger partial charge on any atom is -0.355 e. The van der Waals surface area contributed by atoms with Gasteiger partial charge in [-0.1, -0.05) is 29.8 Å². The maximum atomic E-state index is 13.6. The second-order valence-electron chi connectivity index (χ2n) is 6.35. The number of para-hydroxylation sites is 1. The Bertz CT molecular complexity index is 1110. The summed E-state index contributed by atoms with van der Waals surface area (Å²) in [5, 5.41) is 7.62. The largest absolute Gasteiger partial charge is 0.355 e. The Morgan fingerprint density at radius 2 is 1.73 bits per heavy atom. The predicted molar refractivity (Wildman–Crippen MR) is 111 cm³/mol. The summed E-state index contributed by atoms with van der Waals surface area (Å²) >= 11 is 5.64. The van der Waals surface area contributed by atoms with Crippen LogP contribution >= 0.6 is 11.6 Å². The number of carbonyl (C=O) groups excluding carboxylic acids is 2. The number of amides is 2. The fourth-order valence-electron chi connectivity index (χ4n) is 2.65. The molecule has 0 atom stereocenters. The van der Waals surface area contributed by atoms with E-state index in [-0.39, 0.29) is 22.6 Å². The minimum absolute atomic E-state index is 0.171. The molecule has 2 amide bonds. The molecule has 0 saturated heterocycles. The number of hydrogen-bond donors (Lipinski definition) is 3. The van der Waals surface area contributed by atoms with E-state index >= 15 is 0 Å². The molecule has 0 aliphatic rings. The number of pyridine rings is 1. The van der Waals surface area contributed by atoms with Crippen molar-refractivity contribution in [2.45, 2.75) is 6.92 Å². The molecule has 3 rings (SSSR count). The van der Waals surface area contributed by atoms with Crippen molar-refractivity contribution in [1.82, 2.24) is 10.3 Å². The number of aryl methyl sites for hydroxylation is 1. The molecule has 0 fully saturated rings. The number of anilines is 3. The van der Waals surface area contributed by atoms with E-state index in [2.05, 4.69) is 20.9 Å².